The van der Waals surface area contributed by atoms with Gasteiger partial charge in [0, 0.05) is 17.9 Å². The summed E-state index contributed by atoms with van der Waals surface area (Å²) < 4.78 is 18.6. The van der Waals surface area contributed by atoms with Crippen molar-refractivity contribution >= 4 is 17.7 Å². The summed E-state index contributed by atoms with van der Waals surface area (Å²) in [7, 11) is 0. The van der Waals surface area contributed by atoms with Crippen LogP contribution in [0.2, 0.25) is 0 Å². The molecule has 1 aromatic carbocycles. The van der Waals surface area contributed by atoms with Crippen LogP contribution in [0.1, 0.15) is 36.0 Å². The first-order valence-electron chi connectivity index (χ1n) is 10.2. The zero-order valence-corrected chi connectivity index (χ0v) is 17.5. The number of aryl methyl sites for hydroxylation is 2. The summed E-state index contributed by atoms with van der Waals surface area (Å²) in [6.45, 7) is 4.38. The summed E-state index contributed by atoms with van der Waals surface area (Å²) in [5, 5.41) is 3.15. The van der Waals surface area contributed by atoms with E-state index in [0.717, 1.165) is 29.9 Å². The summed E-state index contributed by atoms with van der Waals surface area (Å²) in [6.07, 6.45) is 1.73. The fraction of sp³-hybridized carbons (Fsp3) is 0.304. The van der Waals surface area contributed by atoms with Crippen LogP contribution in [0.5, 0.6) is 5.75 Å². The fourth-order valence-electron chi connectivity index (χ4n) is 3.73. The van der Waals surface area contributed by atoms with Crippen molar-refractivity contribution in [2.24, 2.45) is 0 Å². The van der Waals surface area contributed by atoms with Gasteiger partial charge in [-0.25, -0.2) is 19.3 Å². The van der Waals surface area contributed by atoms with Gasteiger partial charge in [-0.15, -0.1) is 0 Å². The van der Waals surface area contributed by atoms with E-state index >= 15 is 0 Å². The van der Waals surface area contributed by atoms with Crippen molar-refractivity contribution in [1.29, 1.82) is 0 Å². The molecule has 2 aromatic heterocycles. The van der Waals surface area contributed by atoms with Crippen LogP contribution in [-0.2, 0) is 4.79 Å². The molecule has 1 fully saturated rings. The van der Waals surface area contributed by atoms with Gasteiger partial charge in [-0.2, -0.15) is 0 Å². The maximum absolute atomic E-state index is 13.0. The molecule has 1 saturated heterocycles. The molecule has 3 heterocycles. The van der Waals surface area contributed by atoms with Crippen molar-refractivity contribution in [3.63, 3.8) is 0 Å². The van der Waals surface area contributed by atoms with E-state index in [2.05, 4.69) is 15.3 Å². The Bertz CT molecular complexity index is 1050. The SMILES string of the molecule is Cc1cc(C)nc(Nc2cccc([C@@H]3CCCN3C(=O)COc3ccc(F)cc3)n2)n1. The Kier molecular flexibility index (Phi) is 6.06. The summed E-state index contributed by atoms with van der Waals surface area (Å²) in [4.78, 5) is 28.1. The van der Waals surface area contributed by atoms with Crippen LogP contribution in [0.3, 0.4) is 0 Å². The Hall–Kier alpha value is -3.55. The molecule has 7 nitrogen and oxygen atoms in total. The summed E-state index contributed by atoms with van der Waals surface area (Å²) in [5.41, 5.74) is 2.56. The molecule has 1 atom stereocenters. The molecule has 1 aliphatic heterocycles. The quantitative estimate of drug-likeness (QED) is 0.645. The lowest BCUT2D eigenvalue weighted by atomic mass is 10.1. The first-order valence-corrected chi connectivity index (χ1v) is 10.2. The van der Waals surface area contributed by atoms with Crippen LogP contribution in [0, 0.1) is 19.7 Å². The minimum atomic E-state index is -0.343. The number of anilines is 2. The van der Waals surface area contributed by atoms with Gasteiger partial charge in [-0.3, -0.25) is 4.79 Å². The van der Waals surface area contributed by atoms with Crippen molar-refractivity contribution in [3.8, 4) is 5.75 Å². The first kappa shape index (κ1) is 20.7. The number of nitrogens with one attached hydrogen (secondary N) is 1. The molecular weight excluding hydrogens is 397 g/mol. The van der Waals surface area contributed by atoms with Crippen LogP contribution in [0.25, 0.3) is 0 Å². The molecule has 1 N–H and O–H groups in total. The zero-order valence-electron chi connectivity index (χ0n) is 17.5. The second-order valence-electron chi connectivity index (χ2n) is 7.53. The number of hydrogen-bond donors (Lipinski definition) is 1. The molecule has 1 aliphatic rings. The third-order valence-corrected chi connectivity index (χ3v) is 5.08. The van der Waals surface area contributed by atoms with Crippen molar-refractivity contribution in [1.82, 2.24) is 19.9 Å². The Morgan fingerprint density at radius 2 is 1.87 bits per heavy atom. The number of rotatable bonds is 6. The standard InChI is InChI=1S/C23H24FN5O2/c1-15-13-16(2)26-23(25-15)28-21-7-3-5-19(27-21)20-6-4-12-29(20)22(30)14-31-18-10-8-17(24)9-11-18/h3,5,7-11,13,20H,4,6,12,14H2,1-2H3,(H,25,26,27,28)/t20-/m0/s1. The van der Waals surface area contributed by atoms with E-state index in [1.807, 2.05) is 38.1 Å². The highest BCUT2D eigenvalue weighted by molar-refractivity contribution is 5.78. The highest BCUT2D eigenvalue weighted by Gasteiger charge is 2.31. The van der Waals surface area contributed by atoms with Crippen LogP contribution >= 0.6 is 0 Å². The van der Waals surface area contributed by atoms with Gasteiger partial charge in [0.15, 0.2) is 6.61 Å². The van der Waals surface area contributed by atoms with E-state index in [1.165, 1.54) is 24.3 Å². The second-order valence-corrected chi connectivity index (χ2v) is 7.53. The van der Waals surface area contributed by atoms with Gasteiger partial charge in [0.05, 0.1) is 11.7 Å². The van der Waals surface area contributed by atoms with Gasteiger partial charge >= 0.3 is 0 Å². The molecule has 160 valence electrons. The lowest BCUT2D eigenvalue weighted by molar-refractivity contribution is -0.134. The number of nitrogens with zero attached hydrogens (tertiary/aromatic N) is 4. The molecule has 3 aromatic rings. The maximum Gasteiger partial charge on any atom is 0.261 e. The topological polar surface area (TPSA) is 80.2 Å². The molecule has 0 unspecified atom stereocenters. The normalized spacial score (nSPS) is 15.7. The van der Waals surface area contributed by atoms with Gasteiger partial charge in [-0.1, -0.05) is 6.07 Å². The summed E-state index contributed by atoms with van der Waals surface area (Å²) >= 11 is 0. The molecule has 0 bridgehead atoms. The Balaban J connectivity index is 1.44. The second kappa shape index (κ2) is 9.07. The number of ether oxygens (including phenoxy) is 1. The highest BCUT2D eigenvalue weighted by Crippen LogP contribution is 2.31. The minimum Gasteiger partial charge on any atom is -0.484 e. The number of benzene rings is 1. The third kappa shape index (κ3) is 5.14. The Morgan fingerprint density at radius 1 is 1.13 bits per heavy atom. The summed E-state index contributed by atoms with van der Waals surface area (Å²) in [6, 6.07) is 13.1. The molecule has 8 heteroatoms. The van der Waals surface area contributed by atoms with Crippen molar-refractivity contribution < 1.29 is 13.9 Å². The largest absolute Gasteiger partial charge is 0.484 e. The number of carbonyl (C=O) groups is 1. The molecule has 4 rings (SSSR count). The van der Waals surface area contributed by atoms with Crippen molar-refractivity contribution in [3.05, 3.63) is 71.4 Å². The monoisotopic (exact) mass is 421 g/mol. The lowest BCUT2D eigenvalue weighted by Crippen LogP contribution is -2.34. The number of likely N-dealkylation sites (tertiary alicyclic amines) is 1. The van der Waals surface area contributed by atoms with E-state index in [0.29, 0.717) is 24.1 Å². The number of halogens is 1. The highest BCUT2D eigenvalue weighted by atomic mass is 19.1. The number of aromatic nitrogens is 3. The molecule has 31 heavy (non-hydrogen) atoms. The fourth-order valence-corrected chi connectivity index (χ4v) is 3.73. The van der Waals surface area contributed by atoms with Gasteiger partial charge in [0.2, 0.25) is 5.95 Å². The number of hydrogen-bond acceptors (Lipinski definition) is 6. The smallest absolute Gasteiger partial charge is 0.261 e. The number of pyridine rings is 1. The first-order chi connectivity index (χ1) is 15.0. The van der Waals surface area contributed by atoms with Crippen LogP contribution < -0.4 is 10.1 Å². The minimum absolute atomic E-state index is 0.101. The average Bonchev–Trinajstić information content (AvgIpc) is 3.23. The van der Waals surface area contributed by atoms with E-state index in [9.17, 15) is 9.18 Å². The molecule has 0 radical (unpaired) electrons. The third-order valence-electron chi connectivity index (χ3n) is 5.08. The van der Waals surface area contributed by atoms with Gasteiger partial charge in [-0.05, 0) is 69.2 Å². The van der Waals surface area contributed by atoms with E-state index in [-0.39, 0.29) is 24.4 Å². The molecule has 1 amide bonds. The van der Waals surface area contributed by atoms with Crippen molar-refractivity contribution in [2.75, 3.05) is 18.5 Å². The van der Waals surface area contributed by atoms with E-state index in [1.54, 1.807) is 4.90 Å². The molecule has 0 spiro atoms. The molecular formula is C23H24FN5O2. The lowest BCUT2D eigenvalue weighted by Gasteiger charge is -2.24. The van der Waals surface area contributed by atoms with Crippen LogP contribution in [0.15, 0.2) is 48.5 Å². The number of carbonyl (C=O) groups excluding carboxylic acids is 1. The van der Waals surface area contributed by atoms with Gasteiger partial charge in [0.1, 0.15) is 17.4 Å². The van der Waals surface area contributed by atoms with Gasteiger partial charge < -0.3 is 15.0 Å². The maximum atomic E-state index is 13.0. The van der Waals surface area contributed by atoms with Crippen LogP contribution in [0.4, 0.5) is 16.2 Å². The average molecular weight is 421 g/mol. The predicted molar refractivity (Wildman–Crippen MR) is 115 cm³/mol. The molecule has 0 aliphatic carbocycles. The van der Waals surface area contributed by atoms with E-state index in [4.69, 9.17) is 9.72 Å². The van der Waals surface area contributed by atoms with Gasteiger partial charge in [0.25, 0.3) is 5.91 Å². The predicted octanol–water partition coefficient (Wildman–Crippen LogP) is 4.11. The Morgan fingerprint density at radius 3 is 2.61 bits per heavy atom. The van der Waals surface area contributed by atoms with Crippen molar-refractivity contribution in [2.45, 2.75) is 32.7 Å². The zero-order chi connectivity index (χ0) is 21.8. The van der Waals surface area contributed by atoms with E-state index < -0.39 is 0 Å². The summed E-state index contributed by atoms with van der Waals surface area (Å²) in [5.74, 6) is 1.12. The molecule has 0 saturated carbocycles. The number of amides is 1. The Labute approximate surface area is 180 Å². The van der Waals surface area contributed by atoms with Crippen LogP contribution in [-0.4, -0.2) is 38.9 Å².